The number of aliphatic hydroxyl groups excluding tert-OH is 3. The molecule has 10 nitrogen and oxygen atoms in total. The van der Waals surface area contributed by atoms with Crippen LogP contribution < -0.4 is 19.1 Å². The Hall–Kier alpha value is -3.08. The molecule has 10 heteroatoms. The van der Waals surface area contributed by atoms with Crippen LogP contribution in [0.5, 0.6) is 17.2 Å². The molecule has 3 N–H and O–H groups in total. The molecule has 0 radical (unpaired) electrons. The van der Waals surface area contributed by atoms with Crippen LogP contribution in [0.1, 0.15) is 39.2 Å². The molecule has 0 aliphatic carbocycles. The molecule has 2 aromatic rings. The van der Waals surface area contributed by atoms with Gasteiger partial charge in [0.25, 0.3) is 5.91 Å². The summed E-state index contributed by atoms with van der Waals surface area (Å²) in [5.74, 6) is 2.03. The van der Waals surface area contributed by atoms with E-state index in [4.69, 9.17) is 14.2 Å². The van der Waals surface area contributed by atoms with Gasteiger partial charge in [0.1, 0.15) is 17.7 Å². The van der Waals surface area contributed by atoms with Crippen LogP contribution in [-0.2, 0) is 4.79 Å². The fourth-order valence-electron chi connectivity index (χ4n) is 5.16. The molecule has 1 aromatic carbocycles. The van der Waals surface area contributed by atoms with Crippen molar-refractivity contribution < 1.29 is 34.3 Å². The Labute approximate surface area is 223 Å². The zero-order valence-electron chi connectivity index (χ0n) is 22.7. The number of benzene rings is 1. The number of pyridine rings is 1. The number of aliphatic hydroxyl groups is 3. The van der Waals surface area contributed by atoms with E-state index in [9.17, 15) is 20.1 Å². The summed E-state index contributed by atoms with van der Waals surface area (Å²) in [6.45, 7) is 8.86. The number of ether oxygens (including phenoxy) is 3. The van der Waals surface area contributed by atoms with E-state index in [0.717, 1.165) is 17.1 Å². The maximum absolute atomic E-state index is 12.6. The van der Waals surface area contributed by atoms with Gasteiger partial charge in [-0.25, -0.2) is 4.98 Å². The molecule has 2 fully saturated rings. The number of anilines is 1. The first-order chi connectivity index (χ1) is 18.0. The molecule has 4 rings (SSSR count). The second-order valence-corrected chi connectivity index (χ2v) is 10.7. The van der Waals surface area contributed by atoms with Crippen molar-refractivity contribution in [1.82, 2.24) is 9.88 Å². The van der Waals surface area contributed by atoms with E-state index in [2.05, 4.69) is 9.88 Å². The minimum atomic E-state index is -1.48. The Morgan fingerprint density at radius 1 is 1.13 bits per heavy atom. The molecule has 1 aromatic heterocycles. The fourth-order valence-corrected chi connectivity index (χ4v) is 5.16. The number of aromatic nitrogens is 1. The molecule has 208 valence electrons. The minimum absolute atomic E-state index is 0.0583. The first kappa shape index (κ1) is 27.9. The van der Waals surface area contributed by atoms with Gasteiger partial charge in [-0.3, -0.25) is 4.79 Å². The quantitative estimate of drug-likeness (QED) is 0.423. The molecule has 2 aliphatic rings. The van der Waals surface area contributed by atoms with Crippen LogP contribution in [0.3, 0.4) is 0 Å². The van der Waals surface area contributed by atoms with Crippen LogP contribution in [0.2, 0.25) is 0 Å². The molecule has 38 heavy (non-hydrogen) atoms. The first-order valence-electron chi connectivity index (χ1n) is 13.0. The van der Waals surface area contributed by atoms with Gasteiger partial charge in [-0.1, -0.05) is 13.0 Å². The van der Waals surface area contributed by atoms with Crippen LogP contribution in [0.4, 0.5) is 5.82 Å². The summed E-state index contributed by atoms with van der Waals surface area (Å²) in [6, 6.07) is 9.53. The predicted molar refractivity (Wildman–Crippen MR) is 142 cm³/mol. The monoisotopic (exact) mass is 529 g/mol. The third kappa shape index (κ3) is 5.67. The van der Waals surface area contributed by atoms with Gasteiger partial charge in [-0.15, -0.1) is 0 Å². The highest BCUT2D eigenvalue weighted by atomic mass is 16.5. The van der Waals surface area contributed by atoms with Gasteiger partial charge in [0.2, 0.25) is 0 Å². The van der Waals surface area contributed by atoms with Gasteiger partial charge in [-0.2, -0.15) is 0 Å². The molecule has 2 unspecified atom stereocenters. The topological polar surface area (TPSA) is 125 Å². The van der Waals surface area contributed by atoms with E-state index < -0.39 is 30.1 Å². The molecule has 4 atom stereocenters. The fraction of sp³-hybridized carbons (Fsp3) is 0.571. The number of carbonyl (C=O) groups excluding carboxylic acids is 1. The lowest BCUT2D eigenvalue weighted by Crippen LogP contribution is -2.54. The van der Waals surface area contributed by atoms with Crippen molar-refractivity contribution in [2.75, 3.05) is 44.8 Å². The number of methoxy groups -OCH3 is 1. The van der Waals surface area contributed by atoms with E-state index in [1.165, 1.54) is 4.90 Å². The largest absolute Gasteiger partial charge is 0.493 e. The number of hydrogen-bond acceptors (Lipinski definition) is 9. The molecule has 0 spiro atoms. The van der Waals surface area contributed by atoms with Crippen LogP contribution >= 0.6 is 0 Å². The van der Waals surface area contributed by atoms with E-state index in [1.807, 2.05) is 51.1 Å². The van der Waals surface area contributed by atoms with E-state index in [0.29, 0.717) is 31.1 Å². The molecule has 3 heterocycles. The van der Waals surface area contributed by atoms with Gasteiger partial charge in [0.05, 0.1) is 45.2 Å². The molecule has 0 saturated carbocycles. The smallest absolute Gasteiger partial charge is 0.253 e. The molecule has 0 bridgehead atoms. The predicted octanol–water partition coefficient (Wildman–Crippen LogP) is 1.81. The summed E-state index contributed by atoms with van der Waals surface area (Å²) in [4.78, 5) is 20.7. The van der Waals surface area contributed by atoms with Crippen molar-refractivity contribution in [3.63, 3.8) is 0 Å². The highest BCUT2D eigenvalue weighted by Gasteiger charge is 2.49. The summed E-state index contributed by atoms with van der Waals surface area (Å²) >= 11 is 0. The first-order valence-corrected chi connectivity index (χ1v) is 13.0. The number of carbonyl (C=O) groups is 1. The number of rotatable bonds is 10. The molecular weight excluding hydrogens is 490 g/mol. The highest BCUT2D eigenvalue weighted by Crippen LogP contribution is 2.47. The Morgan fingerprint density at radius 3 is 2.45 bits per heavy atom. The van der Waals surface area contributed by atoms with E-state index >= 15 is 0 Å². The average molecular weight is 530 g/mol. The Bertz CT molecular complexity index is 1100. The number of likely N-dealkylation sites (tertiary alicyclic amines) is 1. The third-order valence-electron chi connectivity index (χ3n) is 7.60. The summed E-state index contributed by atoms with van der Waals surface area (Å²) in [6.07, 6.45) is -0.430. The highest BCUT2D eigenvalue weighted by molar-refractivity contribution is 5.81. The van der Waals surface area contributed by atoms with Gasteiger partial charge < -0.3 is 39.3 Å². The number of amides is 1. The van der Waals surface area contributed by atoms with E-state index in [-0.39, 0.29) is 24.7 Å². The standard InChI is InChI=1S/C28H39N3O7/c1-17(2)37-20-7-9-26(29-11-20)30-12-21(13-30)38-25-10-19(6-8-24(25)36-5)22-14-31(27(35)23(34)15-32)16-28(22,4)18(3)33/h6-11,17-18,21-23,32-34H,12-16H2,1-5H3/t18?,22-,23?,28-/m0/s1. The zero-order valence-corrected chi connectivity index (χ0v) is 22.7. The third-order valence-corrected chi connectivity index (χ3v) is 7.60. The SMILES string of the molecule is COc1ccc([C@@H]2CN(C(=O)C(O)CO)C[C@@]2(C)C(C)O)cc1OC1CN(c2ccc(OC(C)C)cn2)C1. The second kappa shape index (κ2) is 11.3. The summed E-state index contributed by atoms with van der Waals surface area (Å²) in [5, 5.41) is 29.8. The Kier molecular flexibility index (Phi) is 8.34. The average Bonchev–Trinajstić information content (AvgIpc) is 3.24. The van der Waals surface area contributed by atoms with Crippen LogP contribution in [0, 0.1) is 5.41 Å². The molecular formula is C28H39N3O7. The van der Waals surface area contributed by atoms with Crippen molar-refractivity contribution >= 4 is 11.7 Å². The maximum Gasteiger partial charge on any atom is 0.253 e. The van der Waals surface area contributed by atoms with Gasteiger partial charge in [-0.05, 0) is 50.6 Å². The summed E-state index contributed by atoms with van der Waals surface area (Å²) < 4.78 is 17.5. The van der Waals surface area contributed by atoms with Gasteiger partial charge >= 0.3 is 0 Å². The minimum Gasteiger partial charge on any atom is -0.493 e. The molecule has 2 saturated heterocycles. The van der Waals surface area contributed by atoms with Gasteiger partial charge in [0, 0.05) is 24.4 Å². The summed E-state index contributed by atoms with van der Waals surface area (Å²) in [7, 11) is 1.59. The van der Waals surface area contributed by atoms with Crippen LogP contribution in [0.15, 0.2) is 36.5 Å². The lowest BCUT2D eigenvalue weighted by Gasteiger charge is -2.40. The van der Waals surface area contributed by atoms with Gasteiger partial charge in [0.15, 0.2) is 17.6 Å². The van der Waals surface area contributed by atoms with Crippen molar-refractivity contribution in [3.05, 3.63) is 42.1 Å². The maximum atomic E-state index is 12.6. The Morgan fingerprint density at radius 2 is 1.87 bits per heavy atom. The molecule has 1 amide bonds. The van der Waals surface area contributed by atoms with Crippen molar-refractivity contribution in [1.29, 1.82) is 0 Å². The van der Waals surface area contributed by atoms with Crippen molar-refractivity contribution in [2.24, 2.45) is 5.41 Å². The van der Waals surface area contributed by atoms with Crippen LogP contribution in [0.25, 0.3) is 0 Å². The van der Waals surface area contributed by atoms with Crippen LogP contribution in [-0.4, -0.2) is 95.4 Å². The lowest BCUT2D eigenvalue weighted by atomic mass is 9.72. The Balaban J connectivity index is 1.47. The molecule has 2 aliphatic heterocycles. The second-order valence-electron chi connectivity index (χ2n) is 10.7. The lowest BCUT2D eigenvalue weighted by molar-refractivity contribution is -0.141. The van der Waals surface area contributed by atoms with Crippen molar-refractivity contribution in [3.8, 4) is 17.2 Å². The zero-order chi connectivity index (χ0) is 27.6. The van der Waals surface area contributed by atoms with E-state index in [1.54, 1.807) is 20.2 Å². The van der Waals surface area contributed by atoms with Crippen molar-refractivity contribution in [2.45, 2.75) is 58.0 Å². The summed E-state index contributed by atoms with van der Waals surface area (Å²) in [5.41, 5.74) is 0.248. The normalized spacial score (nSPS) is 23.2. The number of hydrogen-bond donors (Lipinski definition) is 3. The number of nitrogens with zero attached hydrogens (tertiary/aromatic N) is 3.